The predicted molar refractivity (Wildman–Crippen MR) is 95.7 cm³/mol. The highest BCUT2D eigenvalue weighted by atomic mass is 79.9. The van der Waals surface area contributed by atoms with E-state index in [1.54, 1.807) is 0 Å². The summed E-state index contributed by atoms with van der Waals surface area (Å²) in [4.78, 5) is 10.9. The molecule has 0 bridgehead atoms. The number of halogens is 9. The molecule has 0 aliphatic carbocycles. The highest BCUT2D eigenvalue weighted by Crippen LogP contribution is 2.38. The Morgan fingerprint density at radius 1 is 0.806 bits per heavy atom. The summed E-state index contributed by atoms with van der Waals surface area (Å²) >= 11 is 2.66. The number of carbonyl (C=O) groups excluding carboxylic acids is 1. The first-order valence-corrected chi connectivity index (χ1v) is 8.90. The summed E-state index contributed by atoms with van der Waals surface area (Å²) in [7, 11) is 0. The topological polar surface area (TPSA) is 26.3 Å². The molecule has 31 heavy (non-hydrogen) atoms. The van der Waals surface area contributed by atoms with Crippen molar-refractivity contribution >= 4 is 22.2 Å². The number of hydrogen-bond acceptors (Lipinski definition) is 2. The molecule has 0 N–H and O–H groups in total. The largest absolute Gasteiger partial charge is 0.432 e. The number of carbonyl (C=O) groups is 1. The fraction of sp³-hybridized carbons (Fsp3) is 0.0500. The Morgan fingerprint density at radius 3 is 1.97 bits per heavy atom. The van der Waals surface area contributed by atoms with Crippen molar-refractivity contribution in [2.24, 2.45) is 0 Å². The second-order valence-corrected chi connectivity index (χ2v) is 6.93. The van der Waals surface area contributed by atoms with E-state index in [9.17, 15) is 39.9 Å². The van der Waals surface area contributed by atoms with E-state index in [0.29, 0.717) is 24.3 Å². The Labute approximate surface area is 177 Å². The van der Waals surface area contributed by atoms with Gasteiger partial charge in [0.05, 0.1) is 5.56 Å². The Morgan fingerprint density at radius 2 is 1.42 bits per heavy atom. The first-order chi connectivity index (χ1) is 14.5. The number of aldehydes is 1. The Bertz CT molecular complexity index is 1170. The van der Waals surface area contributed by atoms with E-state index in [1.807, 2.05) is 0 Å². The first-order valence-electron chi connectivity index (χ1n) is 8.10. The van der Waals surface area contributed by atoms with Crippen molar-refractivity contribution < 1.29 is 44.7 Å². The SMILES string of the molecule is O=Cc1c(Br)cc(F)c(C(F)(F)Oc2ccc(-c3cc(F)c(F)c(F)c3)c(F)c2)c1F. The van der Waals surface area contributed by atoms with E-state index in [-0.39, 0.29) is 6.29 Å². The van der Waals surface area contributed by atoms with Crippen molar-refractivity contribution in [1.82, 2.24) is 0 Å². The normalized spacial score (nSPS) is 11.5. The van der Waals surface area contributed by atoms with E-state index < -0.39 is 73.5 Å². The van der Waals surface area contributed by atoms with Gasteiger partial charge in [0, 0.05) is 16.1 Å². The predicted octanol–water partition coefficient (Wildman–Crippen LogP) is 6.89. The van der Waals surface area contributed by atoms with Crippen LogP contribution in [0.25, 0.3) is 11.1 Å². The molecule has 3 aromatic carbocycles. The summed E-state index contributed by atoms with van der Waals surface area (Å²) in [5.74, 6) is -10.8. The number of ether oxygens (including phenoxy) is 1. The monoisotopic (exact) mass is 510 g/mol. The second-order valence-electron chi connectivity index (χ2n) is 6.08. The van der Waals surface area contributed by atoms with Crippen LogP contribution in [-0.2, 0) is 6.11 Å². The zero-order chi connectivity index (χ0) is 23.1. The van der Waals surface area contributed by atoms with Gasteiger partial charge in [-0.25, -0.2) is 26.3 Å². The molecule has 0 heterocycles. The fourth-order valence-corrected chi connectivity index (χ4v) is 3.15. The molecule has 0 saturated carbocycles. The van der Waals surface area contributed by atoms with E-state index in [4.69, 9.17) is 0 Å². The van der Waals surface area contributed by atoms with Gasteiger partial charge >= 0.3 is 6.11 Å². The molecule has 0 spiro atoms. The molecule has 0 aliphatic heterocycles. The van der Waals surface area contributed by atoms with Crippen LogP contribution in [0.3, 0.4) is 0 Å². The zero-order valence-electron chi connectivity index (χ0n) is 14.8. The van der Waals surface area contributed by atoms with Crippen LogP contribution in [0.4, 0.5) is 35.1 Å². The average molecular weight is 511 g/mol. The molecular weight excluding hydrogens is 504 g/mol. The molecular formula is C20H7BrF8O2. The van der Waals surface area contributed by atoms with Crippen LogP contribution in [0.15, 0.2) is 40.9 Å². The molecule has 162 valence electrons. The fourth-order valence-electron chi connectivity index (χ4n) is 2.68. The lowest BCUT2D eigenvalue weighted by Crippen LogP contribution is -2.26. The minimum atomic E-state index is -4.67. The Kier molecular flexibility index (Phi) is 6.08. The molecule has 2 nitrogen and oxygen atoms in total. The van der Waals surface area contributed by atoms with Gasteiger partial charge in [0.2, 0.25) is 0 Å². The van der Waals surface area contributed by atoms with Crippen LogP contribution in [0.1, 0.15) is 15.9 Å². The van der Waals surface area contributed by atoms with E-state index in [2.05, 4.69) is 20.7 Å². The number of rotatable bonds is 5. The lowest BCUT2D eigenvalue weighted by molar-refractivity contribution is -0.189. The van der Waals surface area contributed by atoms with Crippen LogP contribution in [-0.4, -0.2) is 6.29 Å². The molecule has 0 amide bonds. The standard InChI is InChI=1S/C20H7BrF8O2/c21-12-6-14(23)17(18(26)11(12)7-30)20(28,29)31-9-1-2-10(13(22)5-9)8-3-15(24)19(27)16(25)4-8/h1-7H. The molecule has 0 unspecified atom stereocenters. The van der Waals surface area contributed by atoms with Gasteiger partial charge in [-0.15, -0.1) is 0 Å². The molecule has 0 atom stereocenters. The lowest BCUT2D eigenvalue weighted by Gasteiger charge is -2.20. The summed E-state index contributed by atoms with van der Waals surface area (Å²) in [5.41, 5.74) is -3.70. The van der Waals surface area contributed by atoms with E-state index in [1.165, 1.54) is 0 Å². The van der Waals surface area contributed by atoms with Gasteiger partial charge in [-0.05, 0) is 51.8 Å². The summed E-state index contributed by atoms with van der Waals surface area (Å²) in [6.07, 6.45) is -4.79. The summed E-state index contributed by atoms with van der Waals surface area (Å²) in [5, 5.41) is 0. The summed E-state index contributed by atoms with van der Waals surface area (Å²) < 4.78 is 115. The van der Waals surface area contributed by atoms with Gasteiger partial charge in [-0.3, -0.25) is 4.79 Å². The van der Waals surface area contributed by atoms with Crippen molar-refractivity contribution in [1.29, 1.82) is 0 Å². The van der Waals surface area contributed by atoms with E-state index in [0.717, 1.165) is 12.1 Å². The molecule has 11 heteroatoms. The van der Waals surface area contributed by atoms with Gasteiger partial charge < -0.3 is 4.74 Å². The van der Waals surface area contributed by atoms with Gasteiger partial charge in [-0.2, -0.15) is 8.78 Å². The van der Waals surface area contributed by atoms with Gasteiger partial charge in [-0.1, -0.05) is 0 Å². The van der Waals surface area contributed by atoms with Gasteiger partial charge in [0.1, 0.15) is 22.9 Å². The molecule has 0 aromatic heterocycles. The maximum atomic E-state index is 14.4. The second kappa shape index (κ2) is 8.29. The number of alkyl halides is 2. The maximum Gasteiger partial charge on any atom is 0.432 e. The van der Waals surface area contributed by atoms with Crippen molar-refractivity contribution in [3.05, 3.63) is 86.9 Å². The summed E-state index contributed by atoms with van der Waals surface area (Å²) in [6.45, 7) is 0. The third kappa shape index (κ3) is 4.27. The Hall–Kier alpha value is -2.95. The minimum absolute atomic E-state index is 0.117. The quantitative estimate of drug-likeness (QED) is 0.212. The summed E-state index contributed by atoms with van der Waals surface area (Å²) in [6, 6.07) is 3.30. The molecule has 0 saturated heterocycles. The molecule has 0 radical (unpaired) electrons. The smallest absolute Gasteiger partial charge is 0.429 e. The molecule has 3 rings (SSSR count). The third-order valence-electron chi connectivity index (χ3n) is 4.10. The third-order valence-corrected chi connectivity index (χ3v) is 4.75. The lowest BCUT2D eigenvalue weighted by atomic mass is 10.0. The van der Waals surface area contributed by atoms with Crippen LogP contribution < -0.4 is 4.74 Å². The van der Waals surface area contributed by atoms with Crippen molar-refractivity contribution in [3.8, 4) is 16.9 Å². The van der Waals surface area contributed by atoms with Crippen LogP contribution in [0.5, 0.6) is 5.75 Å². The van der Waals surface area contributed by atoms with Crippen LogP contribution in [0.2, 0.25) is 0 Å². The number of benzene rings is 3. The van der Waals surface area contributed by atoms with E-state index >= 15 is 0 Å². The van der Waals surface area contributed by atoms with Crippen molar-refractivity contribution in [2.45, 2.75) is 6.11 Å². The van der Waals surface area contributed by atoms with Crippen molar-refractivity contribution in [3.63, 3.8) is 0 Å². The van der Waals surface area contributed by atoms with Gasteiger partial charge in [0.25, 0.3) is 0 Å². The highest BCUT2D eigenvalue weighted by molar-refractivity contribution is 9.10. The zero-order valence-corrected chi connectivity index (χ0v) is 16.3. The Balaban J connectivity index is 1.99. The molecule has 0 aliphatic rings. The van der Waals surface area contributed by atoms with Crippen LogP contribution in [0, 0.1) is 34.9 Å². The maximum absolute atomic E-state index is 14.4. The van der Waals surface area contributed by atoms with Crippen molar-refractivity contribution in [2.75, 3.05) is 0 Å². The molecule has 3 aromatic rings. The minimum Gasteiger partial charge on any atom is -0.429 e. The highest BCUT2D eigenvalue weighted by Gasteiger charge is 2.42. The van der Waals surface area contributed by atoms with Gasteiger partial charge in [0.15, 0.2) is 29.6 Å². The number of hydrogen-bond donors (Lipinski definition) is 0. The first kappa shape index (κ1) is 22.7. The van der Waals surface area contributed by atoms with Crippen LogP contribution >= 0.6 is 15.9 Å². The molecule has 0 fully saturated rings. The average Bonchev–Trinajstić information content (AvgIpc) is 2.65.